The van der Waals surface area contributed by atoms with Gasteiger partial charge < -0.3 is 14.8 Å². The van der Waals surface area contributed by atoms with E-state index in [1.807, 2.05) is 29.1 Å². The minimum absolute atomic E-state index is 0.107. The van der Waals surface area contributed by atoms with Gasteiger partial charge in [0.15, 0.2) is 0 Å². The highest BCUT2D eigenvalue weighted by Gasteiger charge is 2.27. The van der Waals surface area contributed by atoms with Crippen LogP contribution in [0.5, 0.6) is 11.5 Å². The minimum Gasteiger partial charge on any atom is -0.496 e. The third-order valence-corrected chi connectivity index (χ3v) is 5.35. The minimum atomic E-state index is -0.159. The summed E-state index contributed by atoms with van der Waals surface area (Å²) in [7, 11) is 1.59. The molecule has 0 spiro atoms. The van der Waals surface area contributed by atoms with Crippen LogP contribution in [0.3, 0.4) is 0 Å². The van der Waals surface area contributed by atoms with Gasteiger partial charge in [-0.25, -0.2) is 0 Å². The quantitative estimate of drug-likeness (QED) is 0.536. The van der Waals surface area contributed by atoms with E-state index in [9.17, 15) is 4.79 Å². The standard InChI is InChI=1S/C24H28ClN3O3/c1-24(2,3)22(15-28-13-7-12-26-28)27-23(29)17-10-11-20(30-4)18(14-17)16-31-21-9-6-5-8-19(21)25/h5-14,22H,15-16H2,1-4H3,(H,27,29)/t22-/m0/s1. The number of hydrogen-bond acceptors (Lipinski definition) is 4. The van der Waals surface area contributed by atoms with E-state index in [-0.39, 0.29) is 24.0 Å². The number of benzene rings is 2. The number of nitrogens with one attached hydrogen (secondary N) is 1. The lowest BCUT2D eigenvalue weighted by Gasteiger charge is -2.31. The lowest BCUT2D eigenvalue weighted by Crippen LogP contribution is -2.46. The van der Waals surface area contributed by atoms with Crippen molar-refractivity contribution in [2.75, 3.05) is 7.11 Å². The number of amides is 1. The number of ether oxygens (including phenoxy) is 2. The van der Waals surface area contributed by atoms with Crippen molar-refractivity contribution in [2.45, 2.75) is 40.0 Å². The number of carbonyl (C=O) groups is 1. The van der Waals surface area contributed by atoms with Crippen molar-refractivity contribution in [3.8, 4) is 11.5 Å². The molecular formula is C24H28ClN3O3. The first-order valence-corrected chi connectivity index (χ1v) is 10.5. The van der Waals surface area contributed by atoms with E-state index >= 15 is 0 Å². The van der Waals surface area contributed by atoms with Crippen LogP contribution in [0.2, 0.25) is 5.02 Å². The van der Waals surface area contributed by atoms with Gasteiger partial charge in [-0.3, -0.25) is 9.48 Å². The maximum absolute atomic E-state index is 13.1. The topological polar surface area (TPSA) is 65.4 Å². The van der Waals surface area contributed by atoms with E-state index in [4.69, 9.17) is 21.1 Å². The lowest BCUT2D eigenvalue weighted by atomic mass is 9.86. The number of aromatic nitrogens is 2. The first-order valence-electron chi connectivity index (χ1n) is 10.1. The molecule has 3 rings (SSSR count). The number of hydrogen-bond donors (Lipinski definition) is 1. The van der Waals surface area contributed by atoms with Crippen molar-refractivity contribution in [3.05, 3.63) is 77.1 Å². The lowest BCUT2D eigenvalue weighted by molar-refractivity contribution is 0.0890. The Morgan fingerprint density at radius 3 is 2.58 bits per heavy atom. The van der Waals surface area contributed by atoms with Crippen LogP contribution < -0.4 is 14.8 Å². The summed E-state index contributed by atoms with van der Waals surface area (Å²) in [5.41, 5.74) is 1.15. The fourth-order valence-corrected chi connectivity index (χ4v) is 3.31. The van der Waals surface area contributed by atoms with Gasteiger partial charge in [0.05, 0.1) is 24.7 Å². The molecule has 1 N–H and O–H groups in total. The highest BCUT2D eigenvalue weighted by atomic mass is 35.5. The fraction of sp³-hybridized carbons (Fsp3) is 0.333. The van der Waals surface area contributed by atoms with E-state index in [0.29, 0.717) is 28.6 Å². The molecule has 0 saturated carbocycles. The summed E-state index contributed by atoms with van der Waals surface area (Å²) in [6, 6.07) is 14.4. The molecule has 7 heteroatoms. The highest BCUT2D eigenvalue weighted by molar-refractivity contribution is 6.32. The second kappa shape index (κ2) is 9.88. The maximum Gasteiger partial charge on any atom is 0.251 e. The fourth-order valence-electron chi connectivity index (χ4n) is 3.12. The largest absolute Gasteiger partial charge is 0.496 e. The molecule has 0 radical (unpaired) electrons. The average Bonchev–Trinajstić information content (AvgIpc) is 3.25. The number of carbonyl (C=O) groups excluding carboxylic acids is 1. The van der Waals surface area contributed by atoms with Crippen LogP contribution in [0.25, 0.3) is 0 Å². The van der Waals surface area contributed by atoms with Gasteiger partial charge in [-0.1, -0.05) is 44.5 Å². The highest BCUT2D eigenvalue weighted by Crippen LogP contribution is 2.27. The Morgan fingerprint density at radius 1 is 1.16 bits per heavy atom. The van der Waals surface area contributed by atoms with Gasteiger partial charge in [0.2, 0.25) is 0 Å². The number of para-hydroxylation sites is 1. The Morgan fingerprint density at radius 2 is 1.94 bits per heavy atom. The molecule has 6 nitrogen and oxygen atoms in total. The number of nitrogens with zero attached hydrogens (tertiary/aromatic N) is 2. The summed E-state index contributed by atoms with van der Waals surface area (Å²) in [5.74, 6) is 1.06. The Hall–Kier alpha value is -2.99. The third kappa shape index (κ3) is 6.01. The zero-order valence-electron chi connectivity index (χ0n) is 18.3. The van der Waals surface area contributed by atoms with Gasteiger partial charge >= 0.3 is 0 Å². The molecule has 31 heavy (non-hydrogen) atoms. The molecular weight excluding hydrogens is 414 g/mol. The van der Waals surface area contributed by atoms with E-state index in [2.05, 4.69) is 31.2 Å². The van der Waals surface area contributed by atoms with Crippen LogP contribution in [0.15, 0.2) is 60.9 Å². The van der Waals surface area contributed by atoms with Crippen LogP contribution in [-0.4, -0.2) is 28.8 Å². The number of halogens is 1. The van der Waals surface area contributed by atoms with Crippen molar-refractivity contribution in [1.82, 2.24) is 15.1 Å². The molecule has 164 valence electrons. The van der Waals surface area contributed by atoms with Gasteiger partial charge in [0.1, 0.15) is 18.1 Å². The van der Waals surface area contributed by atoms with Crippen molar-refractivity contribution < 1.29 is 14.3 Å². The molecule has 1 aromatic heterocycles. The number of methoxy groups -OCH3 is 1. The number of rotatable bonds is 8. The predicted octanol–water partition coefficient (Wildman–Crippen LogP) is 4.97. The summed E-state index contributed by atoms with van der Waals surface area (Å²) in [5, 5.41) is 7.95. The molecule has 0 aliphatic carbocycles. The van der Waals surface area contributed by atoms with Crippen molar-refractivity contribution in [1.29, 1.82) is 0 Å². The molecule has 0 saturated heterocycles. The zero-order chi connectivity index (χ0) is 22.4. The van der Waals surface area contributed by atoms with Gasteiger partial charge in [-0.2, -0.15) is 5.10 Å². The SMILES string of the molecule is COc1ccc(C(=O)N[C@@H](Cn2cccn2)C(C)(C)C)cc1COc1ccccc1Cl. The smallest absolute Gasteiger partial charge is 0.251 e. The maximum atomic E-state index is 13.1. The average molecular weight is 442 g/mol. The molecule has 0 fully saturated rings. The first-order chi connectivity index (χ1) is 14.8. The summed E-state index contributed by atoms with van der Waals surface area (Å²) in [6.07, 6.45) is 3.62. The summed E-state index contributed by atoms with van der Waals surface area (Å²) >= 11 is 6.18. The van der Waals surface area contributed by atoms with Gasteiger partial charge in [0.25, 0.3) is 5.91 Å². The van der Waals surface area contributed by atoms with Crippen LogP contribution in [-0.2, 0) is 13.2 Å². The van der Waals surface area contributed by atoms with E-state index in [1.165, 1.54) is 0 Å². The Kier molecular flexibility index (Phi) is 7.23. The molecule has 1 heterocycles. The molecule has 0 bridgehead atoms. The zero-order valence-corrected chi connectivity index (χ0v) is 19.0. The molecule has 0 aliphatic rings. The summed E-state index contributed by atoms with van der Waals surface area (Å²) in [6.45, 7) is 7.10. The van der Waals surface area contributed by atoms with E-state index in [1.54, 1.807) is 43.6 Å². The van der Waals surface area contributed by atoms with Gasteiger partial charge in [-0.15, -0.1) is 0 Å². The molecule has 1 amide bonds. The first kappa shape index (κ1) is 22.7. The molecule has 2 aromatic carbocycles. The molecule has 3 aromatic rings. The third-order valence-electron chi connectivity index (χ3n) is 5.04. The molecule has 1 atom stereocenters. The molecule has 0 aliphatic heterocycles. The second-order valence-corrected chi connectivity index (χ2v) is 8.77. The van der Waals surface area contributed by atoms with Gasteiger partial charge in [0, 0.05) is 23.5 Å². The van der Waals surface area contributed by atoms with Crippen LogP contribution in [0.1, 0.15) is 36.7 Å². The molecule has 0 unspecified atom stereocenters. The Bertz CT molecular complexity index is 1010. The normalized spacial score (nSPS) is 12.3. The second-order valence-electron chi connectivity index (χ2n) is 8.37. The van der Waals surface area contributed by atoms with Crippen molar-refractivity contribution in [3.63, 3.8) is 0 Å². The van der Waals surface area contributed by atoms with Crippen LogP contribution >= 0.6 is 11.6 Å². The van der Waals surface area contributed by atoms with Crippen LogP contribution in [0.4, 0.5) is 0 Å². The Labute approximate surface area is 188 Å². The van der Waals surface area contributed by atoms with E-state index in [0.717, 1.165) is 5.56 Å². The Balaban J connectivity index is 1.77. The monoisotopic (exact) mass is 441 g/mol. The summed E-state index contributed by atoms with van der Waals surface area (Å²) < 4.78 is 13.1. The van der Waals surface area contributed by atoms with Crippen molar-refractivity contribution >= 4 is 17.5 Å². The van der Waals surface area contributed by atoms with E-state index < -0.39 is 0 Å². The van der Waals surface area contributed by atoms with Gasteiger partial charge in [-0.05, 0) is 41.8 Å². The van der Waals surface area contributed by atoms with Crippen molar-refractivity contribution in [2.24, 2.45) is 5.41 Å². The van der Waals surface area contributed by atoms with Crippen LogP contribution in [0, 0.1) is 5.41 Å². The summed E-state index contributed by atoms with van der Waals surface area (Å²) in [4.78, 5) is 13.1. The predicted molar refractivity (Wildman–Crippen MR) is 122 cm³/mol.